The quantitative estimate of drug-likeness (QED) is 0.463. The van der Waals surface area contributed by atoms with Crippen LogP contribution in [0.5, 0.6) is 0 Å². The summed E-state index contributed by atoms with van der Waals surface area (Å²) in [7, 11) is 0. The van der Waals surface area contributed by atoms with Gasteiger partial charge in [0.1, 0.15) is 0 Å². The lowest BCUT2D eigenvalue weighted by atomic mass is 10.1. The molecule has 4 aromatic rings. The Morgan fingerprint density at radius 3 is 2.78 bits per heavy atom. The second-order valence-electron chi connectivity index (χ2n) is 4.18. The Morgan fingerprint density at radius 1 is 0.889 bits per heavy atom. The summed E-state index contributed by atoms with van der Waals surface area (Å²) in [6.07, 6.45) is 0. The second-order valence-corrected chi connectivity index (χ2v) is 6.15. The van der Waals surface area contributed by atoms with Crippen LogP contribution >= 0.6 is 22.7 Å². The van der Waals surface area contributed by atoms with E-state index in [9.17, 15) is 0 Å². The number of hydrogen-bond donors (Lipinski definition) is 0. The van der Waals surface area contributed by atoms with Crippen LogP contribution < -0.4 is 0 Å². The highest BCUT2D eigenvalue weighted by Gasteiger charge is 2.05. The van der Waals surface area contributed by atoms with E-state index in [1.807, 2.05) is 16.8 Å². The summed E-state index contributed by atoms with van der Waals surface area (Å²) in [6, 6.07) is 17.3. The maximum absolute atomic E-state index is 4.38. The molecule has 0 saturated heterocycles. The van der Waals surface area contributed by atoms with Gasteiger partial charge in [-0.1, -0.05) is 24.3 Å². The smallest absolute Gasteiger partial charge is 0.0818 e. The van der Waals surface area contributed by atoms with E-state index in [4.69, 9.17) is 0 Å². The number of benzene rings is 2. The molecule has 0 aliphatic rings. The molecule has 0 radical (unpaired) electrons. The van der Waals surface area contributed by atoms with Gasteiger partial charge in [-0.2, -0.15) is 0 Å². The molecule has 18 heavy (non-hydrogen) atoms. The minimum Gasteiger partial charge on any atom is -0.245 e. The average Bonchev–Trinajstić information content (AvgIpc) is 3.04. The summed E-state index contributed by atoms with van der Waals surface area (Å²) < 4.78 is 2.59. The first-order valence-corrected chi connectivity index (χ1v) is 7.42. The minimum absolute atomic E-state index is 1.09. The van der Waals surface area contributed by atoms with Crippen molar-refractivity contribution < 1.29 is 0 Å². The highest BCUT2D eigenvalue weighted by molar-refractivity contribution is 7.22. The second kappa shape index (κ2) is 3.90. The highest BCUT2D eigenvalue weighted by Crippen LogP contribution is 2.34. The first-order chi connectivity index (χ1) is 8.90. The van der Waals surface area contributed by atoms with Crippen LogP contribution in [0.25, 0.3) is 30.7 Å². The van der Waals surface area contributed by atoms with Crippen LogP contribution in [0.1, 0.15) is 0 Å². The zero-order valence-corrected chi connectivity index (χ0v) is 11.1. The summed E-state index contributed by atoms with van der Waals surface area (Å²) in [5.41, 5.74) is 4.25. The highest BCUT2D eigenvalue weighted by atomic mass is 32.1. The van der Waals surface area contributed by atoms with Crippen molar-refractivity contribution in [1.29, 1.82) is 0 Å². The van der Waals surface area contributed by atoms with E-state index in [2.05, 4.69) is 53.5 Å². The zero-order chi connectivity index (χ0) is 11.9. The van der Waals surface area contributed by atoms with Gasteiger partial charge < -0.3 is 0 Å². The van der Waals surface area contributed by atoms with Gasteiger partial charge in [-0.25, -0.2) is 4.98 Å². The number of hydrogen-bond acceptors (Lipinski definition) is 3. The predicted octanol–water partition coefficient (Wildman–Crippen LogP) is 5.18. The summed E-state index contributed by atoms with van der Waals surface area (Å²) in [6.45, 7) is 0. The third-order valence-corrected chi connectivity index (χ3v) is 5.02. The Hall–Kier alpha value is -1.71. The Morgan fingerprint density at radius 2 is 1.83 bits per heavy atom. The van der Waals surface area contributed by atoms with E-state index in [1.165, 1.54) is 25.2 Å². The van der Waals surface area contributed by atoms with Crippen molar-refractivity contribution in [2.45, 2.75) is 0 Å². The van der Waals surface area contributed by atoms with E-state index < -0.39 is 0 Å². The minimum atomic E-state index is 1.09. The molecule has 0 N–H and O–H groups in total. The lowest BCUT2D eigenvalue weighted by molar-refractivity contribution is 1.50. The fourth-order valence-electron chi connectivity index (χ4n) is 2.14. The van der Waals surface area contributed by atoms with E-state index >= 15 is 0 Å². The van der Waals surface area contributed by atoms with Crippen LogP contribution in [0, 0.1) is 0 Å². The zero-order valence-electron chi connectivity index (χ0n) is 9.46. The third kappa shape index (κ3) is 1.55. The molecule has 86 valence electrons. The molecule has 0 atom stereocenters. The molecule has 0 aliphatic heterocycles. The third-order valence-electron chi connectivity index (χ3n) is 3.04. The Bertz CT molecular complexity index is 809. The van der Waals surface area contributed by atoms with Crippen molar-refractivity contribution >= 4 is 43.0 Å². The topological polar surface area (TPSA) is 12.9 Å². The number of aromatic nitrogens is 1. The molecule has 2 aromatic heterocycles. The van der Waals surface area contributed by atoms with Gasteiger partial charge in [0.05, 0.1) is 15.7 Å². The lowest BCUT2D eigenvalue weighted by Crippen LogP contribution is -1.72. The summed E-state index contributed by atoms with van der Waals surface area (Å²) in [5.74, 6) is 0. The van der Waals surface area contributed by atoms with Crippen molar-refractivity contribution in [3.8, 4) is 10.4 Å². The van der Waals surface area contributed by atoms with Gasteiger partial charge in [-0.05, 0) is 35.2 Å². The fourth-order valence-corrected chi connectivity index (χ4v) is 3.85. The summed E-state index contributed by atoms with van der Waals surface area (Å²) in [5, 5.41) is 1.32. The molecule has 0 saturated carbocycles. The van der Waals surface area contributed by atoms with Crippen molar-refractivity contribution in [3.63, 3.8) is 0 Å². The molecule has 0 amide bonds. The van der Waals surface area contributed by atoms with Gasteiger partial charge in [-0.3, -0.25) is 0 Å². The molecule has 0 aliphatic carbocycles. The monoisotopic (exact) mass is 267 g/mol. The maximum atomic E-state index is 4.38. The van der Waals surface area contributed by atoms with Crippen LogP contribution in [0.2, 0.25) is 0 Å². The number of thiophene rings is 1. The van der Waals surface area contributed by atoms with Crippen LogP contribution in [0.15, 0.2) is 54.0 Å². The largest absolute Gasteiger partial charge is 0.245 e. The van der Waals surface area contributed by atoms with Crippen LogP contribution in [-0.4, -0.2) is 4.98 Å². The van der Waals surface area contributed by atoms with E-state index in [0.29, 0.717) is 0 Å². The van der Waals surface area contributed by atoms with Gasteiger partial charge in [0.15, 0.2) is 0 Å². The molecule has 2 heterocycles. The summed E-state index contributed by atoms with van der Waals surface area (Å²) in [4.78, 5) is 5.69. The average molecular weight is 267 g/mol. The van der Waals surface area contributed by atoms with Crippen LogP contribution in [-0.2, 0) is 0 Å². The maximum Gasteiger partial charge on any atom is 0.0818 e. The van der Waals surface area contributed by atoms with Gasteiger partial charge in [-0.15, -0.1) is 22.7 Å². The Balaban J connectivity index is 1.94. The van der Waals surface area contributed by atoms with Crippen LogP contribution in [0.4, 0.5) is 0 Å². The number of nitrogens with zero attached hydrogens (tertiary/aromatic N) is 1. The van der Waals surface area contributed by atoms with Gasteiger partial charge in [0, 0.05) is 9.58 Å². The Kier molecular flexibility index (Phi) is 2.22. The lowest BCUT2D eigenvalue weighted by Gasteiger charge is -1.96. The molecule has 1 nitrogen and oxygen atoms in total. The molecule has 3 heteroatoms. The Labute approximate surface area is 112 Å². The van der Waals surface area contributed by atoms with Crippen LogP contribution in [0.3, 0.4) is 0 Å². The molecule has 0 fully saturated rings. The van der Waals surface area contributed by atoms with Crippen molar-refractivity contribution in [2.75, 3.05) is 0 Å². The number of fused-ring (bicyclic) bond motifs is 2. The predicted molar refractivity (Wildman–Crippen MR) is 80.4 cm³/mol. The number of thiazole rings is 1. The van der Waals surface area contributed by atoms with E-state index in [0.717, 1.165) is 5.52 Å². The molecule has 2 aromatic carbocycles. The molecular weight excluding hydrogens is 258 g/mol. The van der Waals surface area contributed by atoms with Crippen molar-refractivity contribution in [3.05, 3.63) is 54.0 Å². The number of rotatable bonds is 1. The van der Waals surface area contributed by atoms with Gasteiger partial charge in [0.2, 0.25) is 0 Å². The SMILES string of the molecule is c1ccc2sc(-c3ccc4scnc4c3)cc2c1. The van der Waals surface area contributed by atoms with Crippen molar-refractivity contribution in [2.24, 2.45) is 0 Å². The normalized spacial score (nSPS) is 11.3. The first kappa shape index (κ1) is 10.2. The van der Waals surface area contributed by atoms with Gasteiger partial charge in [0.25, 0.3) is 0 Å². The van der Waals surface area contributed by atoms with Crippen molar-refractivity contribution in [1.82, 2.24) is 4.98 Å². The molecule has 0 unspecified atom stereocenters. The standard InChI is InChI=1S/C15H9NS2/c1-2-4-13-10(3-1)8-15(18-13)11-5-6-14-12(7-11)16-9-17-14/h1-9H. The molecule has 4 rings (SSSR count). The summed E-state index contributed by atoms with van der Waals surface area (Å²) >= 11 is 3.53. The molecule has 0 spiro atoms. The molecular formula is C15H9NS2. The fraction of sp³-hybridized carbons (Fsp3) is 0. The van der Waals surface area contributed by atoms with E-state index in [1.54, 1.807) is 11.3 Å². The van der Waals surface area contributed by atoms with Gasteiger partial charge >= 0.3 is 0 Å². The van der Waals surface area contributed by atoms with E-state index in [-0.39, 0.29) is 0 Å². The first-order valence-electron chi connectivity index (χ1n) is 5.72. The molecule has 0 bridgehead atoms.